The zero-order valence-electron chi connectivity index (χ0n) is 14.9. The molecule has 138 valence electrons. The number of allylic oxidation sites excluding steroid dienone is 4. The first-order valence-electron chi connectivity index (χ1n) is 8.63. The molecule has 0 fully saturated rings. The molecule has 1 heterocycles. The summed E-state index contributed by atoms with van der Waals surface area (Å²) in [6.07, 6.45) is 1.95. The van der Waals surface area contributed by atoms with Crippen molar-refractivity contribution in [2.45, 2.75) is 18.6 Å². The highest BCUT2D eigenvalue weighted by molar-refractivity contribution is 9.12. The van der Waals surface area contributed by atoms with Crippen molar-refractivity contribution < 1.29 is 8.42 Å². The van der Waals surface area contributed by atoms with Crippen molar-refractivity contribution in [3.8, 4) is 0 Å². The minimum absolute atomic E-state index is 0.306. The molecule has 2 aromatic carbocycles. The summed E-state index contributed by atoms with van der Waals surface area (Å²) in [6.45, 7) is 3.75. The van der Waals surface area contributed by atoms with Crippen molar-refractivity contribution in [2.24, 2.45) is 5.92 Å². The molecule has 0 N–H and O–H groups in total. The van der Waals surface area contributed by atoms with Crippen LogP contribution in [0.3, 0.4) is 0 Å². The smallest absolute Gasteiger partial charge is 0.189 e. The van der Waals surface area contributed by atoms with E-state index in [0.717, 1.165) is 31.2 Å². The van der Waals surface area contributed by atoms with E-state index in [9.17, 15) is 8.42 Å². The Kier molecular flexibility index (Phi) is 4.60. The Morgan fingerprint density at radius 3 is 1.96 bits per heavy atom. The van der Waals surface area contributed by atoms with Gasteiger partial charge in [-0.05, 0) is 36.6 Å². The van der Waals surface area contributed by atoms with Gasteiger partial charge in [0.15, 0.2) is 9.84 Å². The molecule has 0 amide bonds. The summed E-state index contributed by atoms with van der Waals surface area (Å²) >= 11 is 7.40. The molecule has 27 heavy (non-hydrogen) atoms. The van der Waals surface area contributed by atoms with Crippen LogP contribution in [0.4, 0.5) is 0 Å². The summed E-state index contributed by atoms with van der Waals surface area (Å²) < 4.78 is 28.2. The standard InChI is InChI=1S/C22H18Br2O2S/c1-14-13-17(23)18(15-9-5-3-6-10-15)19-20(24)21(16-11-7-4-8-12-16)27(25,26)22(14,19)2/h3-13,19H,1-2H3/t19-,22-/m0/s1. The Bertz CT molecular complexity index is 1110. The SMILES string of the molecule is CC1=CC(Br)=C(c2ccccc2)[C@H]2C(Br)=C(c3ccccc3)S(=O)(=O)[C@@]12C. The second-order valence-corrected chi connectivity index (χ2v) is 11.0. The van der Waals surface area contributed by atoms with Gasteiger partial charge in [-0.3, -0.25) is 0 Å². The predicted octanol–water partition coefficient (Wildman–Crippen LogP) is 6.32. The summed E-state index contributed by atoms with van der Waals surface area (Å²) in [4.78, 5) is 0.388. The Morgan fingerprint density at radius 2 is 1.41 bits per heavy atom. The number of rotatable bonds is 2. The van der Waals surface area contributed by atoms with Crippen molar-refractivity contribution in [1.82, 2.24) is 0 Å². The van der Waals surface area contributed by atoms with Crippen LogP contribution in [0.1, 0.15) is 25.0 Å². The third kappa shape index (κ3) is 2.59. The highest BCUT2D eigenvalue weighted by Crippen LogP contribution is 2.61. The average molecular weight is 506 g/mol. The Hall–Kier alpha value is -1.43. The molecule has 0 saturated heterocycles. The van der Waals surface area contributed by atoms with Crippen LogP contribution in [0.15, 0.2) is 81.3 Å². The van der Waals surface area contributed by atoms with Gasteiger partial charge >= 0.3 is 0 Å². The molecule has 0 unspecified atom stereocenters. The minimum atomic E-state index is -3.59. The van der Waals surface area contributed by atoms with Crippen LogP contribution in [0, 0.1) is 5.92 Å². The Labute approximate surface area is 176 Å². The van der Waals surface area contributed by atoms with Gasteiger partial charge in [0.2, 0.25) is 0 Å². The fourth-order valence-corrected chi connectivity index (χ4v) is 8.85. The van der Waals surface area contributed by atoms with E-state index in [2.05, 4.69) is 31.9 Å². The van der Waals surface area contributed by atoms with Crippen molar-refractivity contribution in [1.29, 1.82) is 0 Å². The maximum Gasteiger partial charge on any atom is 0.189 e. The lowest BCUT2D eigenvalue weighted by molar-refractivity contribution is 0.544. The molecule has 4 rings (SSSR count). The van der Waals surface area contributed by atoms with E-state index in [4.69, 9.17) is 0 Å². The zero-order valence-corrected chi connectivity index (χ0v) is 18.9. The average Bonchev–Trinajstić information content (AvgIpc) is 2.81. The summed E-state index contributed by atoms with van der Waals surface area (Å²) in [6, 6.07) is 19.3. The van der Waals surface area contributed by atoms with Gasteiger partial charge in [0, 0.05) is 14.9 Å². The molecule has 5 heteroatoms. The van der Waals surface area contributed by atoms with Gasteiger partial charge in [-0.2, -0.15) is 0 Å². The molecule has 2 aliphatic rings. The summed E-state index contributed by atoms with van der Waals surface area (Å²) in [5, 5.41) is 0. The summed E-state index contributed by atoms with van der Waals surface area (Å²) in [7, 11) is -3.59. The van der Waals surface area contributed by atoms with Crippen molar-refractivity contribution in [3.63, 3.8) is 0 Å². The van der Waals surface area contributed by atoms with E-state index in [1.54, 1.807) is 0 Å². The van der Waals surface area contributed by atoms with Crippen LogP contribution < -0.4 is 0 Å². The Balaban J connectivity index is 2.06. The molecular weight excluding hydrogens is 488 g/mol. The molecule has 0 saturated carbocycles. The number of benzene rings is 2. The first kappa shape index (κ1) is 18.9. The van der Waals surface area contributed by atoms with E-state index in [1.165, 1.54) is 0 Å². The van der Waals surface area contributed by atoms with Crippen LogP contribution in [0.25, 0.3) is 10.5 Å². The highest BCUT2D eigenvalue weighted by atomic mass is 79.9. The topological polar surface area (TPSA) is 34.1 Å². The molecule has 0 spiro atoms. The minimum Gasteiger partial charge on any atom is -0.223 e. The van der Waals surface area contributed by atoms with Gasteiger partial charge in [-0.15, -0.1) is 0 Å². The zero-order chi connectivity index (χ0) is 19.4. The molecular formula is C22H18Br2O2S. The van der Waals surface area contributed by atoms with Crippen LogP contribution in [0.2, 0.25) is 0 Å². The van der Waals surface area contributed by atoms with Gasteiger partial charge in [0.25, 0.3) is 0 Å². The quantitative estimate of drug-likeness (QED) is 0.478. The lowest BCUT2D eigenvalue weighted by Gasteiger charge is -2.37. The van der Waals surface area contributed by atoms with E-state index in [1.807, 2.05) is 80.6 Å². The lowest BCUT2D eigenvalue weighted by atomic mass is 9.75. The summed E-state index contributed by atoms with van der Waals surface area (Å²) in [5.74, 6) is -0.306. The van der Waals surface area contributed by atoms with Gasteiger partial charge in [-0.25, -0.2) is 8.42 Å². The highest BCUT2D eigenvalue weighted by Gasteiger charge is 2.59. The van der Waals surface area contributed by atoms with Crippen molar-refractivity contribution >= 4 is 52.2 Å². The Morgan fingerprint density at radius 1 is 0.889 bits per heavy atom. The number of halogens is 2. The first-order chi connectivity index (χ1) is 12.8. The normalized spacial score (nSPS) is 26.8. The molecule has 2 nitrogen and oxygen atoms in total. The van der Waals surface area contributed by atoms with Crippen molar-refractivity contribution in [2.75, 3.05) is 0 Å². The fourth-order valence-electron chi connectivity index (χ4n) is 4.06. The third-order valence-electron chi connectivity index (χ3n) is 5.64. The van der Waals surface area contributed by atoms with Gasteiger partial charge in [-0.1, -0.05) is 98.1 Å². The van der Waals surface area contributed by atoms with E-state index in [0.29, 0.717) is 4.91 Å². The molecule has 0 radical (unpaired) electrons. The largest absolute Gasteiger partial charge is 0.223 e. The van der Waals surface area contributed by atoms with Gasteiger partial charge in [0.1, 0.15) is 4.75 Å². The maximum atomic E-state index is 13.8. The second-order valence-electron chi connectivity index (χ2n) is 7.04. The fraction of sp³-hybridized carbons (Fsp3) is 0.182. The number of sulfone groups is 1. The molecule has 2 atom stereocenters. The molecule has 1 aliphatic heterocycles. The maximum absolute atomic E-state index is 13.8. The van der Waals surface area contributed by atoms with E-state index >= 15 is 0 Å². The molecule has 2 aromatic rings. The first-order valence-corrected chi connectivity index (χ1v) is 11.7. The number of hydrogen-bond donors (Lipinski definition) is 0. The van der Waals surface area contributed by atoms with Crippen LogP contribution in [-0.4, -0.2) is 13.2 Å². The van der Waals surface area contributed by atoms with Crippen LogP contribution in [-0.2, 0) is 9.84 Å². The summed E-state index contributed by atoms with van der Waals surface area (Å²) in [5.41, 5.74) is 3.56. The molecule has 0 bridgehead atoms. The number of fused-ring (bicyclic) bond motifs is 1. The van der Waals surface area contributed by atoms with E-state index < -0.39 is 14.6 Å². The second kappa shape index (κ2) is 6.57. The van der Waals surface area contributed by atoms with Crippen molar-refractivity contribution in [3.05, 3.63) is 92.4 Å². The van der Waals surface area contributed by atoms with Gasteiger partial charge in [0.05, 0.1) is 4.91 Å². The third-order valence-corrected chi connectivity index (χ3v) is 10.1. The van der Waals surface area contributed by atoms with Crippen LogP contribution in [0.5, 0.6) is 0 Å². The molecule has 1 aliphatic carbocycles. The molecule has 0 aromatic heterocycles. The monoisotopic (exact) mass is 504 g/mol. The van der Waals surface area contributed by atoms with Crippen LogP contribution >= 0.6 is 31.9 Å². The van der Waals surface area contributed by atoms with E-state index in [-0.39, 0.29) is 5.92 Å². The number of hydrogen-bond acceptors (Lipinski definition) is 2. The lowest BCUT2D eigenvalue weighted by Crippen LogP contribution is -2.42. The van der Waals surface area contributed by atoms with Gasteiger partial charge < -0.3 is 0 Å². The predicted molar refractivity (Wildman–Crippen MR) is 119 cm³/mol.